The molecule has 1 N–H and O–H groups in total. The van der Waals surface area contributed by atoms with Crippen molar-refractivity contribution in [3.05, 3.63) is 0 Å². The van der Waals surface area contributed by atoms with E-state index < -0.39 is 14.2 Å². The maximum atomic E-state index is 10.7. The molecule has 0 radical (unpaired) electrons. The maximum absolute atomic E-state index is 10.7. The van der Waals surface area contributed by atoms with Crippen molar-refractivity contribution < 1.29 is 14.6 Å². The summed E-state index contributed by atoms with van der Waals surface area (Å²) in [6.07, 6.45) is -0.136. The van der Waals surface area contributed by atoms with E-state index in [0.29, 0.717) is 6.42 Å². The molecular weight excluding hydrogens is 196 g/mol. The van der Waals surface area contributed by atoms with Gasteiger partial charge in [-0.25, -0.2) is 0 Å². The number of methoxy groups -OCH3 is 1. The SMILES string of the molecule is COC(=O)CCC(O)C#C[Si](C)(C)C. The second kappa shape index (κ2) is 5.84. The Balaban J connectivity index is 3.91. The van der Waals surface area contributed by atoms with Gasteiger partial charge in [-0.15, -0.1) is 5.54 Å². The number of esters is 1. The van der Waals surface area contributed by atoms with Gasteiger partial charge in [0.25, 0.3) is 0 Å². The zero-order chi connectivity index (χ0) is 11.2. The van der Waals surface area contributed by atoms with Crippen molar-refractivity contribution in [2.24, 2.45) is 0 Å². The van der Waals surface area contributed by atoms with Gasteiger partial charge in [0.1, 0.15) is 14.2 Å². The highest BCUT2D eigenvalue weighted by atomic mass is 28.3. The Morgan fingerprint density at radius 3 is 2.50 bits per heavy atom. The fourth-order valence-corrected chi connectivity index (χ4v) is 1.33. The molecule has 0 aromatic rings. The summed E-state index contributed by atoms with van der Waals surface area (Å²) in [6, 6.07) is 0. The highest BCUT2D eigenvalue weighted by molar-refractivity contribution is 6.83. The Morgan fingerprint density at radius 2 is 2.07 bits per heavy atom. The van der Waals surface area contributed by atoms with Gasteiger partial charge in [0.05, 0.1) is 7.11 Å². The number of rotatable bonds is 3. The normalized spacial score (nSPS) is 12.6. The fourth-order valence-electron chi connectivity index (χ4n) is 0.729. The minimum absolute atomic E-state index is 0.220. The average molecular weight is 214 g/mol. The Morgan fingerprint density at radius 1 is 1.50 bits per heavy atom. The standard InChI is InChI=1S/C10H18O3Si/c1-13-10(12)6-5-9(11)7-8-14(2,3)4/h9,11H,5-6H2,1-4H3. The lowest BCUT2D eigenvalue weighted by atomic mass is 10.2. The minimum Gasteiger partial charge on any atom is -0.469 e. The average Bonchev–Trinajstić information content (AvgIpc) is 2.09. The van der Waals surface area contributed by atoms with Crippen LogP contribution in [0.1, 0.15) is 12.8 Å². The molecule has 80 valence electrons. The van der Waals surface area contributed by atoms with Gasteiger partial charge in [0.2, 0.25) is 0 Å². The van der Waals surface area contributed by atoms with Crippen LogP contribution < -0.4 is 0 Å². The summed E-state index contributed by atoms with van der Waals surface area (Å²) in [5.74, 6) is 2.45. The summed E-state index contributed by atoms with van der Waals surface area (Å²) < 4.78 is 4.46. The molecular formula is C10H18O3Si. The van der Waals surface area contributed by atoms with Gasteiger partial charge < -0.3 is 9.84 Å². The van der Waals surface area contributed by atoms with E-state index in [9.17, 15) is 9.90 Å². The van der Waals surface area contributed by atoms with Gasteiger partial charge in [-0.05, 0) is 6.42 Å². The molecule has 0 aliphatic rings. The first-order valence-corrected chi connectivity index (χ1v) is 8.13. The Labute approximate surface area is 86.5 Å². The highest BCUT2D eigenvalue weighted by Crippen LogP contribution is 2.00. The summed E-state index contributed by atoms with van der Waals surface area (Å²) in [7, 11) is -0.0860. The van der Waals surface area contributed by atoms with Crippen LogP contribution in [0, 0.1) is 11.5 Å². The van der Waals surface area contributed by atoms with Crippen LogP contribution >= 0.6 is 0 Å². The lowest BCUT2D eigenvalue weighted by molar-refractivity contribution is -0.141. The number of aliphatic hydroxyl groups is 1. The number of aliphatic hydroxyl groups excluding tert-OH is 1. The van der Waals surface area contributed by atoms with Crippen LogP contribution in [0.15, 0.2) is 0 Å². The van der Waals surface area contributed by atoms with Crippen LogP contribution in [0.2, 0.25) is 19.6 Å². The first-order valence-electron chi connectivity index (χ1n) is 4.63. The third-order valence-electron chi connectivity index (χ3n) is 1.46. The van der Waals surface area contributed by atoms with E-state index in [1.54, 1.807) is 0 Å². The van der Waals surface area contributed by atoms with E-state index in [1.807, 2.05) is 0 Å². The van der Waals surface area contributed by atoms with E-state index in [4.69, 9.17) is 0 Å². The largest absolute Gasteiger partial charge is 0.469 e. The van der Waals surface area contributed by atoms with Crippen molar-refractivity contribution in [3.63, 3.8) is 0 Å². The van der Waals surface area contributed by atoms with E-state index in [0.717, 1.165) is 0 Å². The number of hydrogen-bond acceptors (Lipinski definition) is 3. The van der Waals surface area contributed by atoms with Crippen LogP contribution in [-0.4, -0.2) is 32.4 Å². The molecule has 0 saturated heterocycles. The molecule has 14 heavy (non-hydrogen) atoms. The summed E-state index contributed by atoms with van der Waals surface area (Å²) in [5, 5.41) is 9.40. The predicted octanol–water partition coefficient (Wildman–Crippen LogP) is 1.18. The predicted molar refractivity (Wildman–Crippen MR) is 58.4 cm³/mol. The second-order valence-electron chi connectivity index (χ2n) is 4.15. The van der Waals surface area contributed by atoms with Gasteiger partial charge in [-0.2, -0.15) is 0 Å². The monoisotopic (exact) mass is 214 g/mol. The number of carbonyl (C=O) groups is 1. The van der Waals surface area contributed by atoms with Gasteiger partial charge in [0.15, 0.2) is 0 Å². The molecule has 1 atom stereocenters. The van der Waals surface area contributed by atoms with Crippen LogP contribution in [0.5, 0.6) is 0 Å². The first kappa shape index (κ1) is 13.2. The zero-order valence-corrected chi connectivity index (χ0v) is 10.3. The van der Waals surface area contributed by atoms with E-state index in [-0.39, 0.29) is 12.4 Å². The summed E-state index contributed by atoms with van der Waals surface area (Å²) in [4.78, 5) is 10.7. The van der Waals surface area contributed by atoms with Gasteiger partial charge in [0, 0.05) is 6.42 Å². The Hall–Kier alpha value is -0.793. The summed E-state index contributed by atoms with van der Waals surface area (Å²) >= 11 is 0. The van der Waals surface area contributed by atoms with Crippen LogP contribution in [0.25, 0.3) is 0 Å². The molecule has 0 amide bonds. The van der Waals surface area contributed by atoms with Gasteiger partial charge in [-0.3, -0.25) is 4.79 Å². The van der Waals surface area contributed by atoms with Gasteiger partial charge >= 0.3 is 5.97 Å². The Bertz CT molecular complexity index is 244. The van der Waals surface area contributed by atoms with Crippen molar-refractivity contribution >= 4 is 14.0 Å². The maximum Gasteiger partial charge on any atom is 0.305 e. The molecule has 0 fully saturated rings. The van der Waals surface area contributed by atoms with E-state index in [2.05, 4.69) is 35.8 Å². The van der Waals surface area contributed by atoms with Crippen molar-refractivity contribution in [3.8, 4) is 11.5 Å². The highest BCUT2D eigenvalue weighted by Gasteiger charge is 2.09. The zero-order valence-electron chi connectivity index (χ0n) is 9.26. The second-order valence-corrected chi connectivity index (χ2v) is 8.90. The lowest BCUT2D eigenvalue weighted by Gasteiger charge is -2.06. The Kier molecular flexibility index (Phi) is 5.51. The van der Waals surface area contributed by atoms with Gasteiger partial charge in [-0.1, -0.05) is 25.6 Å². The molecule has 0 aromatic carbocycles. The number of ether oxygens (including phenoxy) is 1. The van der Waals surface area contributed by atoms with Crippen LogP contribution in [-0.2, 0) is 9.53 Å². The topological polar surface area (TPSA) is 46.5 Å². The molecule has 0 aromatic heterocycles. The van der Waals surface area contributed by atoms with Crippen molar-refractivity contribution in [2.45, 2.75) is 38.6 Å². The molecule has 0 aliphatic carbocycles. The first-order chi connectivity index (χ1) is 6.35. The fraction of sp³-hybridized carbons (Fsp3) is 0.700. The summed E-state index contributed by atoms with van der Waals surface area (Å²) in [6.45, 7) is 6.31. The van der Waals surface area contributed by atoms with Crippen molar-refractivity contribution in [2.75, 3.05) is 7.11 Å². The molecule has 0 spiro atoms. The van der Waals surface area contributed by atoms with Crippen LogP contribution in [0.4, 0.5) is 0 Å². The third kappa shape index (κ3) is 7.84. The molecule has 0 heterocycles. The molecule has 1 unspecified atom stereocenters. The third-order valence-corrected chi connectivity index (χ3v) is 2.36. The lowest BCUT2D eigenvalue weighted by Crippen LogP contribution is -2.18. The van der Waals surface area contributed by atoms with E-state index >= 15 is 0 Å². The molecule has 0 bridgehead atoms. The van der Waals surface area contributed by atoms with Crippen LogP contribution in [0.3, 0.4) is 0 Å². The molecule has 0 saturated carbocycles. The molecule has 3 nitrogen and oxygen atoms in total. The smallest absolute Gasteiger partial charge is 0.305 e. The minimum atomic E-state index is -1.42. The number of carbonyl (C=O) groups excluding carboxylic acids is 1. The summed E-state index contributed by atoms with van der Waals surface area (Å²) in [5.41, 5.74) is 3.05. The molecule has 4 heteroatoms. The molecule has 0 rings (SSSR count). The van der Waals surface area contributed by atoms with Crippen molar-refractivity contribution in [1.29, 1.82) is 0 Å². The van der Waals surface area contributed by atoms with E-state index in [1.165, 1.54) is 7.11 Å². The number of hydrogen-bond donors (Lipinski definition) is 1. The molecule has 0 aliphatic heterocycles. The van der Waals surface area contributed by atoms with Crippen molar-refractivity contribution in [1.82, 2.24) is 0 Å². The quantitative estimate of drug-likeness (QED) is 0.436.